The predicted octanol–water partition coefficient (Wildman–Crippen LogP) is 3.63. The molecule has 1 aromatic carbocycles. The number of benzene rings is 1. The lowest BCUT2D eigenvalue weighted by atomic mass is 10.0. The minimum absolute atomic E-state index is 0.0288. The highest BCUT2D eigenvalue weighted by Crippen LogP contribution is 2.40. The van der Waals surface area contributed by atoms with Gasteiger partial charge in [0.05, 0.1) is 5.56 Å². The third kappa shape index (κ3) is 2.63. The molecule has 1 aromatic heterocycles. The van der Waals surface area contributed by atoms with Crippen LogP contribution in [0.1, 0.15) is 39.5 Å². The average Bonchev–Trinajstić information content (AvgIpc) is 2.93. The first-order valence-corrected chi connectivity index (χ1v) is 9.05. The quantitative estimate of drug-likeness (QED) is 0.871. The van der Waals surface area contributed by atoms with Crippen molar-refractivity contribution in [1.82, 2.24) is 10.2 Å². The first-order valence-electron chi connectivity index (χ1n) is 7.85. The average molecular weight is 348 g/mol. The fourth-order valence-electron chi connectivity index (χ4n) is 3.26. The van der Waals surface area contributed by atoms with E-state index >= 15 is 0 Å². The second kappa shape index (κ2) is 5.82. The molecule has 0 fully saturated rings. The van der Waals surface area contributed by atoms with Gasteiger partial charge in [-0.1, -0.05) is 30.7 Å². The van der Waals surface area contributed by atoms with E-state index in [1.165, 1.54) is 10.4 Å². The standard InChI is InChI=1S/C17H18ClN3OS/c1-2-21-8-7-12-13(9-21)23-17-14(12)16(22)19-15(20-17)10-3-5-11(18)6-4-10/h3-6,15,20H,2,7-9H2,1H3,(H,19,22)/t15-/m1/s1. The maximum atomic E-state index is 12.6. The normalized spacial score (nSPS) is 20.4. The van der Waals surface area contributed by atoms with Gasteiger partial charge in [-0.25, -0.2) is 0 Å². The Labute approximate surface area is 144 Å². The van der Waals surface area contributed by atoms with Crippen LogP contribution in [0.4, 0.5) is 5.00 Å². The Hall–Kier alpha value is -1.56. The van der Waals surface area contributed by atoms with Gasteiger partial charge in [0.2, 0.25) is 0 Å². The molecular weight excluding hydrogens is 330 g/mol. The molecule has 2 aliphatic heterocycles. The molecule has 0 spiro atoms. The largest absolute Gasteiger partial charge is 0.353 e. The van der Waals surface area contributed by atoms with E-state index in [1.54, 1.807) is 11.3 Å². The fraction of sp³-hybridized carbons (Fsp3) is 0.353. The summed E-state index contributed by atoms with van der Waals surface area (Å²) in [7, 11) is 0. The lowest BCUT2D eigenvalue weighted by Crippen LogP contribution is -2.38. The number of nitrogens with one attached hydrogen (secondary N) is 2. The Morgan fingerprint density at radius 1 is 1.30 bits per heavy atom. The highest BCUT2D eigenvalue weighted by molar-refractivity contribution is 7.16. The molecule has 3 heterocycles. The van der Waals surface area contributed by atoms with E-state index in [0.717, 1.165) is 42.2 Å². The molecule has 0 radical (unpaired) electrons. The smallest absolute Gasteiger partial charge is 0.256 e. The highest BCUT2D eigenvalue weighted by atomic mass is 35.5. The number of carbonyl (C=O) groups excluding carboxylic acids is 1. The summed E-state index contributed by atoms with van der Waals surface area (Å²) in [6.45, 7) is 5.21. The summed E-state index contributed by atoms with van der Waals surface area (Å²) in [4.78, 5) is 16.4. The molecule has 23 heavy (non-hydrogen) atoms. The number of amides is 1. The zero-order chi connectivity index (χ0) is 16.0. The number of anilines is 1. The van der Waals surface area contributed by atoms with Crippen LogP contribution in [0.5, 0.6) is 0 Å². The summed E-state index contributed by atoms with van der Waals surface area (Å²) in [6.07, 6.45) is 0.755. The predicted molar refractivity (Wildman–Crippen MR) is 94.3 cm³/mol. The van der Waals surface area contributed by atoms with Crippen molar-refractivity contribution in [2.75, 3.05) is 18.4 Å². The van der Waals surface area contributed by atoms with Crippen molar-refractivity contribution in [2.45, 2.75) is 26.1 Å². The van der Waals surface area contributed by atoms with E-state index in [1.807, 2.05) is 24.3 Å². The molecule has 1 atom stereocenters. The van der Waals surface area contributed by atoms with E-state index in [9.17, 15) is 4.79 Å². The van der Waals surface area contributed by atoms with Gasteiger partial charge >= 0.3 is 0 Å². The van der Waals surface area contributed by atoms with Crippen LogP contribution >= 0.6 is 22.9 Å². The Morgan fingerprint density at radius 3 is 2.83 bits per heavy atom. The van der Waals surface area contributed by atoms with Crippen molar-refractivity contribution >= 4 is 33.8 Å². The van der Waals surface area contributed by atoms with E-state index < -0.39 is 0 Å². The summed E-state index contributed by atoms with van der Waals surface area (Å²) in [5.41, 5.74) is 3.09. The third-order valence-electron chi connectivity index (χ3n) is 4.56. The van der Waals surface area contributed by atoms with Crippen LogP contribution in [0.2, 0.25) is 5.02 Å². The SMILES string of the molecule is CCN1CCc2c(sc3c2C(=O)N[C@@H](c2ccc(Cl)cc2)N3)C1. The first kappa shape index (κ1) is 15.0. The minimum atomic E-state index is -0.199. The number of carbonyl (C=O) groups is 1. The van der Waals surface area contributed by atoms with Crippen LogP contribution in [0.25, 0.3) is 0 Å². The monoisotopic (exact) mass is 347 g/mol. The molecule has 120 valence electrons. The van der Waals surface area contributed by atoms with Gasteiger partial charge < -0.3 is 10.6 Å². The van der Waals surface area contributed by atoms with Crippen molar-refractivity contribution in [1.29, 1.82) is 0 Å². The molecule has 2 aliphatic rings. The highest BCUT2D eigenvalue weighted by Gasteiger charge is 2.32. The summed E-state index contributed by atoms with van der Waals surface area (Å²) < 4.78 is 0. The van der Waals surface area contributed by atoms with Crippen molar-refractivity contribution in [2.24, 2.45) is 0 Å². The molecule has 0 saturated heterocycles. The first-order chi connectivity index (χ1) is 11.2. The molecule has 0 bridgehead atoms. The number of halogens is 1. The molecule has 1 amide bonds. The number of hydrogen-bond acceptors (Lipinski definition) is 4. The van der Waals surface area contributed by atoms with Crippen LogP contribution in [0.15, 0.2) is 24.3 Å². The topological polar surface area (TPSA) is 44.4 Å². The Kier molecular flexibility index (Phi) is 3.79. The number of likely N-dealkylation sites (N-methyl/N-ethyl adjacent to an activating group) is 1. The molecule has 2 N–H and O–H groups in total. The maximum Gasteiger partial charge on any atom is 0.256 e. The minimum Gasteiger partial charge on any atom is -0.353 e. The molecule has 2 aromatic rings. The van der Waals surface area contributed by atoms with Gasteiger partial charge in [-0.3, -0.25) is 9.69 Å². The Bertz CT molecular complexity index is 756. The van der Waals surface area contributed by atoms with Crippen molar-refractivity contribution in [3.63, 3.8) is 0 Å². The van der Waals surface area contributed by atoms with E-state index in [0.29, 0.717) is 5.02 Å². The molecule has 6 heteroatoms. The zero-order valence-corrected chi connectivity index (χ0v) is 14.4. The van der Waals surface area contributed by atoms with Gasteiger partial charge in [0.15, 0.2) is 0 Å². The number of nitrogens with zero attached hydrogens (tertiary/aromatic N) is 1. The number of thiophene rings is 1. The van der Waals surface area contributed by atoms with Crippen LogP contribution in [-0.2, 0) is 13.0 Å². The summed E-state index contributed by atoms with van der Waals surface area (Å²) in [5, 5.41) is 8.24. The van der Waals surface area contributed by atoms with Crippen LogP contribution in [0, 0.1) is 0 Å². The van der Waals surface area contributed by atoms with Gasteiger partial charge in [-0.15, -0.1) is 11.3 Å². The maximum absolute atomic E-state index is 12.6. The van der Waals surface area contributed by atoms with E-state index in [-0.39, 0.29) is 12.1 Å². The lowest BCUT2D eigenvalue weighted by Gasteiger charge is -2.28. The van der Waals surface area contributed by atoms with Crippen molar-refractivity contribution in [3.05, 3.63) is 50.9 Å². The molecule has 0 aliphatic carbocycles. The lowest BCUT2D eigenvalue weighted by molar-refractivity contribution is 0.0934. The summed E-state index contributed by atoms with van der Waals surface area (Å²) >= 11 is 7.67. The van der Waals surface area contributed by atoms with Gasteiger partial charge in [0, 0.05) is 23.0 Å². The molecule has 4 nitrogen and oxygen atoms in total. The molecule has 0 saturated carbocycles. The Morgan fingerprint density at radius 2 is 2.09 bits per heavy atom. The van der Waals surface area contributed by atoms with Gasteiger partial charge in [-0.05, 0) is 36.2 Å². The molecule has 4 rings (SSSR count). The number of rotatable bonds is 2. The number of fused-ring (bicyclic) bond motifs is 3. The zero-order valence-electron chi connectivity index (χ0n) is 12.9. The third-order valence-corrected chi connectivity index (χ3v) is 5.96. The van der Waals surface area contributed by atoms with E-state index in [4.69, 9.17) is 11.6 Å². The second-order valence-corrected chi connectivity index (χ2v) is 7.47. The van der Waals surface area contributed by atoms with Crippen LogP contribution < -0.4 is 10.6 Å². The van der Waals surface area contributed by atoms with Gasteiger partial charge in [-0.2, -0.15) is 0 Å². The Balaban J connectivity index is 1.66. The van der Waals surface area contributed by atoms with Crippen LogP contribution in [-0.4, -0.2) is 23.9 Å². The molecular formula is C17H18ClN3OS. The van der Waals surface area contributed by atoms with E-state index in [2.05, 4.69) is 22.5 Å². The number of hydrogen-bond donors (Lipinski definition) is 2. The van der Waals surface area contributed by atoms with Gasteiger partial charge in [0.25, 0.3) is 5.91 Å². The van der Waals surface area contributed by atoms with Crippen molar-refractivity contribution < 1.29 is 4.79 Å². The summed E-state index contributed by atoms with van der Waals surface area (Å²) in [5.74, 6) is 0.0288. The van der Waals surface area contributed by atoms with Crippen molar-refractivity contribution in [3.8, 4) is 0 Å². The fourth-order valence-corrected chi connectivity index (χ4v) is 4.70. The second-order valence-electron chi connectivity index (χ2n) is 5.93. The molecule has 0 unspecified atom stereocenters. The van der Waals surface area contributed by atoms with Gasteiger partial charge in [0.1, 0.15) is 11.2 Å². The summed E-state index contributed by atoms with van der Waals surface area (Å²) in [6, 6.07) is 7.58. The van der Waals surface area contributed by atoms with Crippen LogP contribution in [0.3, 0.4) is 0 Å².